The molecule has 0 bridgehead atoms. The molecular weight excluding hydrogens is 349 g/mol. The molecule has 2 saturated heterocycles. The molecule has 2 heterocycles. The number of amides is 2. The summed E-state index contributed by atoms with van der Waals surface area (Å²) in [5.41, 5.74) is -1.97. The van der Waals surface area contributed by atoms with Crippen LogP contribution in [0.5, 0.6) is 0 Å². The van der Waals surface area contributed by atoms with Gasteiger partial charge in [0.15, 0.2) is 0 Å². The van der Waals surface area contributed by atoms with Gasteiger partial charge in [0.2, 0.25) is 11.8 Å². The summed E-state index contributed by atoms with van der Waals surface area (Å²) in [6.45, 7) is 1.09. The summed E-state index contributed by atoms with van der Waals surface area (Å²) in [7, 11) is 0. The number of hydrogen-bond acceptors (Lipinski definition) is 3. The van der Waals surface area contributed by atoms with Crippen LogP contribution in [0, 0.1) is 0 Å². The lowest BCUT2D eigenvalue weighted by Gasteiger charge is -2.39. The Morgan fingerprint density at radius 1 is 1.19 bits per heavy atom. The third kappa shape index (κ3) is 3.85. The quantitative estimate of drug-likeness (QED) is 0.887. The third-order valence-electron chi connectivity index (χ3n) is 5.17. The number of alkyl halides is 3. The summed E-state index contributed by atoms with van der Waals surface area (Å²) in [4.78, 5) is 27.0. The van der Waals surface area contributed by atoms with Crippen molar-refractivity contribution in [1.82, 2.24) is 9.80 Å². The molecule has 0 radical (unpaired) electrons. The van der Waals surface area contributed by atoms with E-state index in [0.29, 0.717) is 13.0 Å². The van der Waals surface area contributed by atoms with E-state index in [-0.39, 0.29) is 49.9 Å². The third-order valence-corrected chi connectivity index (χ3v) is 5.17. The normalized spacial score (nSPS) is 20.5. The predicted octanol–water partition coefficient (Wildman–Crippen LogP) is 2.14. The predicted molar refractivity (Wildman–Crippen MR) is 87.0 cm³/mol. The fourth-order valence-corrected chi connectivity index (χ4v) is 3.53. The van der Waals surface area contributed by atoms with Gasteiger partial charge < -0.3 is 14.9 Å². The zero-order valence-corrected chi connectivity index (χ0v) is 14.3. The molecule has 1 aromatic rings. The van der Waals surface area contributed by atoms with Crippen LogP contribution in [-0.4, -0.2) is 52.9 Å². The molecule has 5 nitrogen and oxygen atoms in total. The fourth-order valence-electron chi connectivity index (χ4n) is 3.53. The second kappa shape index (κ2) is 6.90. The van der Waals surface area contributed by atoms with Crippen molar-refractivity contribution in [3.63, 3.8) is 0 Å². The summed E-state index contributed by atoms with van der Waals surface area (Å²) < 4.78 is 38.7. The number of benzene rings is 1. The van der Waals surface area contributed by atoms with Crippen molar-refractivity contribution in [2.24, 2.45) is 0 Å². The highest BCUT2D eigenvalue weighted by Gasteiger charge is 2.38. The first-order valence-electron chi connectivity index (χ1n) is 8.65. The fraction of sp³-hybridized carbons (Fsp3) is 0.556. The maximum absolute atomic E-state index is 12.9. The molecule has 0 atom stereocenters. The van der Waals surface area contributed by atoms with Crippen molar-refractivity contribution >= 4 is 11.8 Å². The minimum atomic E-state index is -4.47. The van der Waals surface area contributed by atoms with Crippen LogP contribution in [0.3, 0.4) is 0 Å². The number of halogens is 3. The number of rotatable bonds is 3. The first-order valence-corrected chi connectivity index (χ1v) is 8.65. The van der Waals surface area contributed by atoms with Gasteiger partial charge in [-0.2, -0.15) is 13.2 Å². The lowest BCUT2D eigenvalue weighted by molar-refractivity contribution is -0.141. The van der Waals surface area contributed by atoms with Gasteiger partial charge in [-0.3, -0.25) is 9.59 Å². The summed E-state index contributed by atoms with van der Waals surface area (Å²) in [5.74, 6) is -0.220. The smallest absolute Gasteiger partial charge is 0.385 e. The maximum atomic E-state index is 12.9. The lowest BCUT2D eigenvalue weighted by atomic mass is 9.83. The Morgan fingerprint density at radius 3 is 2.46 bits per heavy atom. The van der Waals surface area contributed by atoms with Crippen LogP contribution in [0.15, 0.2) is 24.3 Å². The molecule has 1 N–H and O–H groups in total. The Balaban J connectivity index is 1.63. The number of nitrogens with zero attached hydrogens (tertiary/aromatic N) is 2. The summed E-state index contributed by atoms with van der Waals surface area (Å²) in [6, 6.07) is 4.71. The summed E-state index contributed by atoms with van der Waals surface area (Å²) >= 11 is 0. The lowest BCUT2D eigenvalue weighted by Crippen LogP contribution is -2.48. The standard InChI is InChI=1S/C18H21F3N2O3/c19-18(20,21)14-4-1-3-13(11-14)17(26)6-9-22(10-7-17)16(25)12-23-8-2-5-15(23)24/h1,3-4,11,26H,2,5-10,12H2. The van der Waals surface area contributed by atoms with E-state index in [1.165, 1.54) is 17.0 Å². The van der Waals surface area contributed by atoms with Gasteiger partial charge in [-0.1, -0.05) is 12.1 Å². The van der Waals surface area contributed by atoms with Crippen molar-refractivity contribution in [2.75, 3.05) is 26.2 Å². The van der Waals surface area contributed by atoms with Crippen LogP contribution < -0.4 is 0 Å². The minimum Gasteiger partial charge on any atom is -0.385 e. The zero-order valence-electron chi connectivity index (χ0n) is 14.3. The number of likely N-dealkylation sites (tertiary alicyclic amines) is 2. The van der Waals surface area contributed by atoms with E-state index in [4.69, 9.17) is 0 Å². The SMILES string of the molecule is O=C(CN1CCCC1=O)N1CCC(O)(c2cccc(C(F)(F)F)c2)CC1. The molecule has 0 unspecified atom stereocenters. The van der Waals surface area contributed by atoms with Crippen LogP contribution >= 0.6 is 0 Å². The number of aliphatic hydroxyl groups is 1. The molecule has 8 heteroatoms. The van der Waals surface area contributed by atoms with E-state index in [1.807, 2.05) is 0 Å². The Hall–Kier alpha value is -2.09. The average Bonchev–Trinajstić information content (AvgIpc) is 3.00. The first-order chi connectivity index (χ1) is 12.2. The maximum Gasteiger partial charge on any atom is 0.416 e. The summed E-state index contributed by atoms with van der Waals surface area (Å²) in [5, 5.41) is 10.8. The van der Waals surface area contributed by atoms with Gasteiger partial charge in [-0.25, -0.2) is 0 Å². The molecule has 0 aromatic heterocycles. The van der Waals surface area contributed by atoms with Gasteiger partial charge in [-0.15, -0.1) is 0 Å². The molecule has 0 aliphatic carbocycles. The van der Waals surface area contributed by atoms with E-state index < -0.39 is 17.3 Å². The van der Waals surface area contributed by atoms with Gasteiger partial charge in [0.1, 0.15) is 0 Å². The topological polar surface area (TPSA) is 60.9 Å². The molecule has 0 spiro atoms. The monoisotopic (exact) mass is 370 g/mol. The highest BCUT2D eigenvalue weighted by molar-refractivity contribution is 5.85. The van der Waals surface area contributed by atoms with Crippen LogP contribution in [0.2, 0.25) is 0 Å². The van der Waals surface area contributed by atoms with Crippen molar-refractivity contribution in [1.29, 1.82) is 0 Å². The zero-order chi connectivity index (χ0) is 18.9. The highest BCUT2D eigenvalue weighted by atomic mass is 19.4. The van der Waals surface area contributed by atoms with Crippen molar-refractivity contribution in [2.45, 2.75) is 37.5 Å². The number of carbonyl (C=O) groups is 2. The molecular formula is C18H21F3N2O3. The van der Waals surface area contributed by atoms with E-state index in [1.54, 1.807) is 4.90 Å². The highest BCUT2D eigenvalue weighted by Crippen LogP contribution is 2.36. The van der Waals surface area contributed by atoms with E-state index in [2.05, 4.69) is 0 Å². The second-order valence-corrected chi connectivity index (χ2v) is 6.91. The molecule has 26 heavy (non-hydrogen) atoms. The van der Waals surface area contributed by atoms with E-state index in [9.17, 15) is 27.9 Å². The van der Waals surface area contributed by atoms with Crippen LogP contribution in [0.25, 0.3) is 0 Å². The molecule has 3 rings (SSSR count). The Morgan fingerprint density at radius 2 is 1.88 bits per heavy atom. The average molecular weight is 370 g/mol. The molecule has 0 saturated carbocycles. The molecule has 2 amide bonds. The van der Waals surface area contributed by atoms with Gasteiger partial charge in [0.25, 0.3) is 0 Å². The van der Waals surface area contributed by atoms with Crippen molar-refractivity contribution in [3.8, 4) is 0 Å². The van der Waals surface area contributed by atoms with Crippen LogP contribution in [0.4, 0.5) is 13.2 Å². The number of hydrogen-bond donors (Lipinski definition) is 1. The molecule has 2 aliphatic rings. The molecule has 1 aromatic carbocycles. The number of piperidine rings is 1. The first kappa shape index (κ1) is 18.7. The van der Waals surface area contributed by atoms with Gasteiger partial charge in [-0.05, 0) is 37.0 Å². The molecule has 2 aliphatic heterocycles. The van der Waals surface area contributed by atoms with Gasteiger partial charge in [0.05, 0.1) is 17.7 Å². The summed E-state index contributed by atoms with van der Waals surface area (Å²) in [6.07, 6.45) is -2.93. The van der Waals surface area contributed by atoms with Crippen LogP contribution in [0.1, 0.15) is 36.8 Å². The second-order valence-electron chi connectivity index (χ2n) is 6.91. The Labute approximate surface area is 149 Å². The van der Waals surface area contributed by atoms with Crippen molar-refractivity contribution in [3.05, 3.63) is 35.4 Å². The number of carbonyl (C=O) groups excluding carboxylic acids is 2. The van der Waals surface area contributed by atoms with E-state index in [0.717, 1.165) is 18.6 Å². The minimum absolute atomic E-state index is 0.0286. The largest absolute Gasteiger partial charge is 0.416 e. The van der Waals surface area contributed by atoms with Crippen LogP contribution in [-0.2, 0) is 21.4 Å². The Kier molecular flexibility index (Phi) is 4.96. The van der Waals surface area contributed by atoms with E-state index >= 15 is 0 Å². The van der Waals surface area contributed by atoms with Crippen molar-refractivity contribution < 1.29 is 27.9 Å². The Bertz CT molecular complexity index is 697. The van der Waals surface area contributed by atoms with Gasteiger partial charge in [0, 0.05) is 26.1 Å². The molecule has 2 fully saturated rings. The molecule has 142 valence electrons. The van der Waals surface area contributed by atoms with Gasteiger partial charge >= 0.3 is 6.18 Å².